The summed E-state index contributed by atoms with van der Waals surface area (Å²) in [6.07, 6.45) is 9.42. The molecular formula is C21H37N3O6S. The highest BCUT2D eigenvalue weighted by Gasteiger charge is 2.32. The molecule has 0 spiro atoms. The molecule has 0 saturated carbocycles. The molecule has 178 valence electrons. The molecule has 3 amide bonds. The minimum atomic E-state index is -1.17. The van der Waals surface area contributed by atoms with Gasteiger partial charge in [0.25, 0.3) is 0 Å². The number of urea groups is 1. The van der Waals surface area contributed by atoms with Crippen molar-refractivity contribution in [2.45, 2.75) is 25.8 Å². The highest BCUT2D eigenvalue weighted by atomic mass is 32.3. The number of hydrogen-bond donors (Lipinski definition) is 2. The molecule has 0 aliphatic heterocycles. The van der Waals surface area contributed by atoms with Gasteiger partial charge in [0.05, 0.1) is 0 Å². The van der Waals surface area contributed by atoms with Gasteiger partial charge in [-0.2, -0.15) is 0 Å². The number of carbonyl (C=O) groups is 4. The Hall–Kier alpha value is -2.49. The molecule has 0 atom stereocenters. The minimum absolute atomic E-state index is 0.183. The van der Waals surface area contributed by atoms with E-state index in [1.54, 1.807) is 11.8 Å². The summed E-state index contributed by atoms with van der Waals surface area (Å²) >= 11 is 0. The number of nitrogens with zero attached hydrogens (tertiary/aromatic N) is 1. The molecule has 0 aromatic rings. The van der Waals surface area contributed by atoms with E-state index in [1.165, 1.54) is 6.92 Å². The maximum atomic E-state index is 13.0. The molecule has 2 N–H and O–H groups in total. The number of rotatable bonds is 14. The third kappa shape index (κ3) is 14.2. The number of nitrogens with one attached hydrogen (secondary N) is 2. The minimum Gasteiger partial charge on any atom is -0.460 e. The van der Waals surface area contributed by atoms with Crippen molar-refractivity contribution in [1.82, 2.24) is 15.5 Å². The van der Waals surface area contributed by atoms with Crippen LogP contribution in [0.3, 0.4) is 0 Å². The van der Waals surface area contributed by atoms with E-state index >= 15 is 0 Å². The number of carbonyl (C=O) groups excluding carboxylic acids is 4. The van der Waals surface area contributed by atoms with Crippen molar-refractivity contribution < 1.29 is 28.7 Å². The van der Waals surface area contributed by atoms with Crippen molar-refractivity contribution in [1.29, 1.82) is 0 Å². The standard InChI is InChI=1S/C21H37N3O6S/c1-8-18(26)29-15-21(4,16-30-19(27)9-2)23-20(28)24(13-11-22-17(3)25)12-10-14-31(5,6)7/h8-9H,1-2,10-16H2,3-7H3,(H,22,25)(H,23,28). The lowest BCUT2D eigenvalue weighted by atomic mass is 10.1. The van der Waals surface area contributed by atoms with Gasteiger partial charge in [0.2, 0.25) is 5.91 Å². The molecule has 0 radical (unpaired) electrons. The van der Waals surface area contributed by atoms with Gasteiger partial charge in [-0.15, -0.1) is 0 Å². The van der Waals surface area contributed by atoms with Crippen molar-refractivity contribution in [3.63, 3.8) is 0 Å². The first-order valence-corrected chi connectivity index (χ1v) is 12.9. The van der Waals surface area contributed by atoms with E-state index in [4.69, 9.17) is 9.47 Å². The van der Waals surface area contributed by atoms with Crippen molar-refractivity contribution in [3.8, 4) is 0 Å². The Labute approximate surface area is 186 Å². The van der Waals surface area contributed by atoms with Gasteiger partial charge >= 0.3 is 18.0 Å². The summed E-state index contributed by atoms with van der Waals surface area (Å²) < 4.78 is 10.2. The van der Waals surface area contributed by atoms with Crippen LogP contribution < -0.4 is 10.6 Å². The molecular weight excluding hydrogens is 422 g/mol. The van der Waals surface area contributed by atoms with Gasteiger partial charge in [-0.1, -0.05) is 13.2 Å². The van der Waals surface area contributed by atoms with E-state index in [1.807, 2.05) is 0 Å². The molecule has 10 heteroatoms. The molecule has 0 heterocycles. The molecule has 0 aromatic heterocycles. The lowest BCUT2D eigenvalue weighted by molar-refractivity contribution is -0.144. The molecule has 0 rings (SSSR count). The first kappa shape index (κ1) is 28.5. The lowest BCUT2D eigenvalue weighted by Gasteiger charge is -2.33. The van der Waals surface area contributed by atoms with Crippen LogP contribution in [0.15, 0.2) is 25.3 Å². The van der Waals surface area contributed by atoms with E-state index in [-0.39, 0.29) is 19.1 Å². The normalized spacial score (nSPS) is 11.6. The first-order chi connectivity index (χ1) is 14.3. The number of amides is 3. The fraction of sp³-hybridized carbons (Fsp3) is 0.619. The Morgan fingerprint density at radius 3 is 1.94 bits per heavy atom. The molecule has 0 aliphatic carbocycles. The third-order valence-electron chi connectivity index (χ3n) is 4.04. The second-order valence-electron chi connectivity index (χ2n) is 8.23. The van der Waals surface area contributed by atoms with Gasteiger partial charge in [0.15, 0.2) is 0 Å². The second-order valence-corrected chi connectivity index (χ2v) is 12.8. The first-order valence-electron chi connectivity index (χ1n) is 9.88. The van der Waals surface area contributed by atoms with Crippen LogP contribution in [-0.4, -0.2) is 91.7 Å². The van der Waals surface area contributed by atoms with Crippen molar-refractivity contribution >= 4 is 33.9 Å². The molecule has 0 unspecified atom stereocenters. The van der Waals surface area contributed by atoms with Crippen LogP contribution in [-0.2, 0) is 23.9 Å². The average Bonchev–Trinajstić information content (AvgIpc) is 2.67. The predicted molar refractivity (Wildman–Crippen MR) is 124 cm³/mol. The molecule has 0 fully saturated rings. The van der Waals surface area contributed by atoms with Gasteiger partial charge in [-0.05, 0) is 37.9 Å². The highest BCUT2D eigenvalue weighted by Crippen LogP contribution is 2.34. The summed E-state index contributed by atoms with van der Waals surface area (Å²) in [6.45, 7) is 10.3. The fourth-order valence-corrected chi connectivity index (χ4v) is 3.40. The van der Waals surface area contributed by atoms with Crippen LogP contribution in [0.1, 0.15) is 20.3 Å². The van der Waals surface area contributed by atoms with Gasteiger partial charge in [0.1, 0.15) is 18.8 Å². The summed E-state index contributed by atoms with van der Waals surface area (Å²) in [5, 5.41) is 5.48. The summed E-state index contributed by atoms with van der Waals surface area (Å²) in [4.78, 5) is 48.8. The highest BCUT2D eigenvalue weighted by molar-refractivity contribution is 8.32. The summed E-state index contributed by atoms with van der Waals surface area (Å²) in [5.74, 6) is -0.517. The SMILES string of the molecule is C=CC(=O)OCC(C)(COC(=O)C=C)NC(=O)N(CCCS(C)(C)C)CCNC(C)=O. The van der Waals surface area contributed by atoms with Gasteiger partial charge < -0.3 is 25.0 Å². The van der Waals surface area contributed by atoms with Crippen LogP contribution >= 0.6 is 10.0 Å². The Morgan fingerprint density at radius 1 is 1.00 bits per heavy atom. The smallest absolute Gasteiger partial charge is 0.330 e. The Morgan fingerprint density at radius 2 is 1.52 bits per heavy atom. The van der Waals surface area contributed by atoms with Crippen LogP contribution in [0.4, 0.5) is 4.79 Å². The largest absolute Gasteiger partial charge is 0.460 e. The zero-order chi connectivity index (χ0) is 24.1. The lowest BCUT2D eigenvalue weighted by Crippen LogP contribution is -2.58. The maximum absolute atomic E-state index is 13.0. The predicted octanol–water partition coefficient (Wildman–Crippen LogP) is 1.44. The Balaban J connectivity index is 5.29. The Kier molecular flexibility index (Phi) is 12.6. The maximum Gasteiger partial charge on any atom is 0.330 e. The average molecular weight is 460 g/mol. The summed E-state index contributed by atoms with van der Waals surface area (Å²) in [7, 11) is -0.719. The molecule has 9 nitrogen and oxygen atoms in total. The van der Waals surface area contributed by atoms with Crippen LogP contribution in [0.5, 0.6) is 0 Å². The number of ether oxygens (including phenoxy) is 2. The molecule has 0 saturated heterocycles. The van der Waals surface area contributed by atoms with Crippen LogP contribution in [0.25, 0.3) is 0 Å². The number of hydrogen-bond acceptors (Lipinski definition) is 6. The summed E-state index contributed by atoms with van der Waals surface area (Å²) in [6, 6.07) is -0.416. The molecule has 0 aromatic carbocycles. The quantitative estimate of drug-likeness (QED) is 0.300. The zero-order valence-corrected chi connectivity index (χ0v) is 20.1. The van der Waals surface area contributed by atoms with Crippen LogP contribution in [0.2, 0.25) is 0 Å². The van der Waals surface area contributed by atoms with Crippen molar-refractivity contribution in [2.75, 3.05) is 57.4 Å². The fourth-order valence-electron chi connectivity index (χ4n) is 2.40. The van der Waals surface area contributed by atoms with E-state index < -0.39 is 33.5 Å². The van der Waals surface area contributed by atoms with Crippen LogP contribution in [0, 0.1) is 0 Å². The Bertz CT molecular complexity index is 636. The summed E-state index contributed by atoms with van der Waals surface area (Å²) in [5.41, 5.74) is -1.17. The van der Waals surface area contributed by atoms with E-state index in [0.29, 0.717) is 19.6 Å². The molecule has 0 bridgehead atoms. The van der Waals surface area contributed by atoms with Gasteiger partial charge in [0, 0.05) is 38.7 Å². The van der Waals surface area contributed by atoms with Gasteiger partial charge in [-0.3, -0.25) is 4.79 Å². The zero-order valence-electron chi connectivity index (χ0n) is 19.3. The molecule has 0 aliphatic rings. The van der Waals surface area contributed by atoms with E-state index in [0.717, 1.165) is 24.3 Å². The second kappa shape index (κ2) is 13.7. The monoisotopic (exact) mass is 459 g/mol. The third-order valence-corrected chi connectivity index (χ3v) is 5.55. The van der Waals surface area contributed by atoms with Crippen molar-refractivity contribution in [3.05, 3.63) is 25.3 Å². The van der Waals surface area contributed by atoms with E-state index in [2.05, 4.69) is 42.6 Å². The molecule has 31 heavy (non-hydrogen) atoms. The van der Waals surface area contributed by atoms with Crippen molar-refractivity contribution in [2.24, 2.45) is 0 Å². The number of esters is 2. The topological polar surface area (TPSA) is 114 Å². The van der Waals surface area contributed by atoms with Gasteiger partial charge in [-0.25, -0.2) is 24.4 Å². The van der Waals surface area contributed by atoms with E-state index in [9.17, 15) is 19.2 Å².